The van der Waals surface area contributed by atoms with Crippen molar-refractivity contribution < 1.29 is 14.7 Å². The van der Waals surface area contributed by atoms with Gasteiger partial charge in [0, 0.05) is 18.5 Å². The van der Waals surface area contributed by atoms with Crippen molar-refractivity contribution in [3.63, 3.8) is 0 Å². The highest BCUT2D eigenvalue weighted by Crippen LogP contribution is 2.42. The Morgan fingerprint density at radius 2 is 1.79 bits per heavy atom. The summed E-state index contributed by atoms with van der Waals surface area (Å²) in [6, 6.07) is 0. The van der Waals surface area contributed by atoms with Crippen LogP contribution < -0.4 is 10.2 Å². The average Bonchev–Trinajstić information content (AvgIpc) is 2.64. The highest BCUT2D eigenvalue weighted by atomic mass is 16.4. The van der Waals surface area contributed by atoms with Gasteiger partial charge >= 0.3 is 5.97 Å². The number of rotatable bonds is 8. The van der Waals surface area contributed by atoms with Crippen molar-refractivity contribution in [2.45, 2.75) is 86.5 Å². The van der Waals surface area contributed by atoms with E-state index >= 15 is 0 Å². The van der Waals surface area contributed by atoms with Crippen LogP contribution in [0.2, 0.25) is 0 Å². The van der Waals surface area contributed by atoms with Gasteiger partial charge in [-0.25, -0.2) is 0 Å². The number of anilines is 2. The van der Waals surface area contributed by atoms with Crippen LogP contribution in [0, 0.1) is 19.3 Å². The first-order chi connectivity index (χ1) is 13.6. The zero-order chi connectivity index (χ0) is 21.8. The van der Waals surface area contributed by atoms with E-state index in [1.807, 2.05) is 34.6 Å². The van der Waals surface area contributed by atoms with E-state index in [0.717, 1.165) is 60.4 Å². The van der Waals surface area contributed by atoms with Gasteiger partial charge in [-0.1, -0.05) is 47.0 Å². The van der Waals surface area contributed by atoms with Crippen molar-refractivity contribution in [2.24, 2.45) is 5.41 Å². The van der Waals surface area contributed by atoms with Gasteiger partial charge < -0.3 is 15.3 Å². The number of hydrogen-bond donors (Lipinski definition) is 2. The lowest BCUT2D eigenvalue weighted by atomic mass is 9.86. The molecule has 0 bridgehead atoms. The Morgan fingerprint density at radius 3 is 2.38 bits per heavy atom. The Morgan fingerprint density at radius 1 is 1.10 bits per heavy atom. The third-order valence-corrected chi connectivity index (χ3v) is 5.96. The average molecular weight is 403 g/mol. The third kappa shape index (κ3) is 5.52. The molecule has 29 heavy (non-hydrogen) atoms. The molecule has 0 unspecified atom stereocenters. The maximum Gasteiger partial charge on any atom is 0.307 e. The lowest BCUT2D eigenvalue weighted by Gasteiger charge is -2.37. The first-order valence-electron chi connectivity index (χ1n) is 11.0. The Kier molecular flexibility index (Phi) is 7.73. The molecule has 1 aromatic rings. The number of hydrogen-bond acceptors (Lipinski definition) is 3. The number of carbonyl (C=O) groups excluding carboxylic acids is 1. The predicted octanol–water partition coefficient (Wildman–Crippen LogP) is 5.25. The van der Waals surface area contributed by atoms with Crippen LogP contribution in [0.15, 0.2) is 0 Å². The molecule has 162 valence electrons. The van der Waals surface area contributed by atoms with Gasteiger partial charge in [0.1, 0.15) is 0 Å². The molecular formula is C24H38N2O3. The normalized spacial score (nSPS) is 13.9. The van der Waals surface area contributed by atoms with Gasteiger partial charge in [-0.05, 0) is 55.4 Å². The molecule has 0 aromatic heterocycles. The van der Waals surface area contributed by atoms with E-state index in [1.54, 1.807) is 0 Å². The van der Waals surface area contributed by atoms with Crippen LogP contribution >= 0.6 is 0 Å². The van der Waals surface area contributed by atoms with E-state index in [-0.39, 0.29) is 12.3 Å². The molecule has 0 spiro atoms. The zero-order valence-electron chi connectivity index (χ0n) is 19.1. The number of nitrogens with one attached hydrogen (secondary N) is 1. The van der Waals surface area contributed by atoms with Crippen molar-refractivity contribution >= 4 is 23.3 Å². The smallest absolute Gasteiger partial charge is 0.307 e. The number of aliphatic carboxylic acids is 1. The van der Waals surface area contributed by atoms with Gasteiger partial charge in [0.05, 0.1) is 17.8 Å². The third-order valence-electron chi connectivity index (χ3n) is 5.96. The van der Waals surface area contributed by atoms with E-state index in [1.165, 1.54) is 24.8 Å². The molecule has 5 heteroatoms. The van der Waals surface area contributed by atoms with E-state index in [4.69, 9.17) is 0 Å². The van der Waals surface area contributed by atoms with Crippen LogP contribution in [-0.4, -0.2) is 30.1 Å². The summed E-state index contributed by atoms with van der Waals surface area (Å²) in [5, 5.41) is 12.6. The second-order valence-electron chi connectivity index (χ2n) is 9.36. The van der Waals surface area contributed by atoms with E-state index in [0.29, 0.717) is 0 Å². The van der Waals surface area contributed by atoms with Gasteiger partial charge in [0.2, 0.25) is 5.91 Å². The number of carboxylic acids is 1. The van der Waals surface area contributed by atoms with Crippen LogP contribution in [0.1, 0.15) is 82.1 Å². The second kappa shape index (κ2) is 9.64. The molecule has 2 rings (SSSR count). The number of amides is 1. The van der Waals surface area contributed by atoms with E-state index in [2.05, 4.69) is 17.1 Å². The summed E-state index contributed by atoms with van der Waals surface area (Å²) in [6.07, 6.45) is 6.77. The first kappa shape index (κ1) is 23.2. The second-order valence-corrected chi connectivity index (χ2v) is 9.36. The summed E-state index contributed by atoms with van der Waals surface area (Å²) in [4.78, 5) is 26.8. The fraction of sp³-hybridized carbons (Fsp3) is 0.667. The molecule has 0 atom stereocenters. The predicted molar refractivity (Wildman–Crippen MR) is 120 cm³/mol. The van der Waals surface area contributed by atoms with Crippen molar-refractivity contribution in [1.29, 1.82) is 0 Å². The fourth-order valence-corrected chi connectivity index (χ4v) is 4.16. The van der Waals surface area contributed by atoms with Crippen molar-refractivity contribution in [2.75, 3.05) is 23.3 Å². The lowest BCUT2D eigenvalue weighted by Crippen LogP contribution is -2.34. The molecule has 1 amide bonds. The number of carboxylic acid groups (broad SMARTS) is 1. The van der Waals surface area contributed by atoms with Gasteiger partial charge in [0.25, 0.3) is 0 Å². The van der Waals surface area contributed by atoms with E-state index in [9.17, 15) is 14.7 Å². The highest BCUT2D eigenvalue weighted by molar-refractivity contribution is 6.00. The van der Waals surface area contributed by atoms with Crippen LogP contribution in [0.4, 0.5) is 11.4 Å². The number of unbranched alkanes of at least 4 members (excludes halogenated alkanes) is 3. The molecule has 1 heterocycles. The number of carbonyl (C=O) groups is 2. The van der Waals surface area contributed by atoms with Crippen LogP contribution in [0.3, 0.4) is 0 Å². The summed E-state index contributed by atoms with van der Waals surface area (Å²) >= 11 is 0. The zero-order valence-corrected chi connectivity index (χ0v) is 19.1. The first-order valence-corrected chi connectivity index (χ1v) is 11.0. The van der Waals surface area contributed by atoms with Crippen LogP contribution in [0.5, 0.6) is 0 Å². The summed E-state index contributed by atoms with van der Waals surface area (Å²) in [6.45, 7) is 13.9. The van der Waals surface area contributed by atoms with Crippen LogP contribution in [0.25, 0.3) is 0 Å². The van der Waals surface area contributed by atoms with E-state index < -0.39 is 11.4 Å². The van der Waals surface area contributed by atoms with Crippen molar-refractivity contribution in [3.05, 3.63) is 22.3 Å². The molecule has 0 fully saturated rings. The lowest BCUT2D eigenvalue weighted by molar-refractivity contribution is -0.136. The molecular weight excluding hydrogens is 364 g/mol. The minimum atomic E-state index is -0.837. The minimum absolute atomic E-state index is 0.0141. The van der Waals surface area contributed by atoms with Gasteiger partial charge in [-0.3, -0.25) is 9.59 Å². The quantitative estimate of drug-likeness (QED) is 0.583. The molecule has 2 N–H and O–H groups in total. The van der Waals surface area contributed by atoms with Crippen LogP contribution in [-0.2, 0) is 22.4 Å². The Bertz CT molecular complexity index is 763. The molecule has 0 saturated heterocycles. The number of benzene rings is 1. The molecule has 0 radical (unpaired) electrons. The van der Waals surface area contributed by atoms with Gasteiger partial charge in [-0.15, -0.1) is 0 Å². The monoisotopic (exact) mass is 402 g/mol. The van der Waals surface area contributed by atoms with Crippen molar-refractivity contribution in [3.8, 4) is 0 Å². The summed E-state index contributed by atoms with van der Waals surface area (Å²) < 4.78 is 0. The Labute approximate surface area is 175 Å². The number of nitrogens with zero attached hydrogens (tertiary/aromatic N) is 1. The highest BCUT2D eigenvalue weighted by Gasteiger charge is 2.30. The van der Waals surface area contributed by atoms with Crippen molar-refractivity contribution in [1.82, 2.24) is 0 Å². The number of fused-ring (bicyclic) bond motifs is 1. The summed E-state index contributed by atoms with van der Waals surface area (Å²) in [5.74, 6) is -0.874. The fourth-order valence-electron chi connectivity index (χ4n) is 4.16. The largest absolute Gasteiger partial charge is 0.481 e. The maximum absolute atomic E-state index is 12.9. The molecule has 1 aliphatic heterocycles. The SMILES string of the molecule is CCCCCCN1CCCc2c(C)c(CC(=O)O)c(C)c(NC(=O)C(C)(C)C)c21. The minimum Gasteiger partial charge on any atom is -0.481 e. The van der Waals surface area contributed by atoms with Gasteiger partial charge in [0.15, 0.2) is 0 Å². The maximum atomic E-state index is 12.9. The summed E-state index contributed by atoms with van der Waals surface area (Å²) in [7, 11) is 0. The topological polar surface area (TPSA) is 69.6 Å². The molecule has 0 saturated carbocycles. The summed E-state index contributed by atoms with van der Waals surface area (Å²) in [5.41, 5.74) is 5.43. The Hall–Kier alpha value is -2.04. The van der Waals surface area contributed by atoms with Gasteiger partial charge in [-0.2, -0.15) is 0 Å². The Balaban J connectivity index is 2.54. The standard InChI is InChI=1S/C24H38N2O3/c1-7-8-9-10-13-26-14-11-12-18-16(2)19(15-20(27)28)17(3)21(22(18)26)25-23(29)24(4,5)6/h7-15H2,1-6H3,(H,25,29)(H,27,28). The molecule has 1 aromatic carbocycles. The molecule has 1 aliphatic rings. The molecule has 0 aliphatic carbocycles. The molecule has 5 nitrogen and oxygen atoms in total.